The van der Waals surface area contributed by atoms with Gasteiger partial charge in [-0.1, -0.05) is 0 Å². The quantitative estimate of drug-likeness (QED) is 0.603. The molecule has 1 aromatic rings. The van der Waals surface area contributed by atoms with E-state index in [1.807, 2.05) is 50.7 Å². The van der Waals surface area contributed by atoms with Crippen molar-refractivity contribution < 1.29 is 4.74 Å². The summed E-state index contributed by atoms with van der Waals surface area (Å²) in [4.78, 5) is 0. The second-order valence-corrected chi connectivity index (χ2v) is 3.67. The lowest BCUT2D eigenvalue weighted by Gasteiger charge is -2.21. The molecule has 0 radical (unpaired) electrons. The van der Waals surface area contributed by atoms with E-state index in [1.165, 1.54) is 0 Å². The maximum atomic E-state index is 5.64. The molecule has 0 bridgehead atoms. The Morgan fingerprint density at radius 2 is 2.00 bits per heavy atom. The lowest BCUT2D eigenvalue weighted by Crippen LogP contribution is -2.24. The molecule has 0 aromatic carbocycles. The van der Waals surface area contributed by atoms with Gasteiger partial charge in [0.1, 0.15) is 5.60 Å². The molecule has 0 atom stereocenters. The van der Waals surface area contributed by atoms with Crippen molar-refractivity contribution in [3.05, 3.63) is 18.3 Å². The molecular formula is C9H15NO. The van der Waals surface area contributed by atoms with E-state index in [9.17, 15) is 0 Å². The molecule has 0 unspecified atom stereocenters. The van der Waals surface area contributed by atoms with E-state index in [4.69, 9.17) is 4.74 Å². The summed E-state index contributed by atoms with van der Waals surface area (Å²) in [6.45, 7) is 6.12. The van der Waals surface area contributed by atoms with Gasteiger partial charge in [-0.25, -0.2) is 0 Å². The molecule has 0 spiro atoms. The van der Waals surface area contributed by atoms with Crippen LogP contribution >= 0.6 is 0 Å². The lowest BCUT2D eigenvalue weighted by atomic mass is 10.2. The van der Waals surface area contributed by atoms with Crippen LogP contribution in [0.3, 0.4) is 0 Å². The normalized spacial score (nSPS) is 11.6. The minimum Gasteiger partial charge on any atom is -0.473 e. The Bertz CT molecular complexity index is 232. The molecule has 11 heavy (non-hydrogen) atoms. The highest BCUT2D eigenvalue weighted by molar-refractivity contribution is 5.13. The Morgan fingerprint density at radius 3 is 2.36 bits per heavy atom. The van der Waals surface area contributed by atoms with Crippen LogP contribution in [0.4, 0.5) is 0 Å². The molecule has 62 valence electrons. The highest BCUT2D eigenvalue weighted by Gasteiger charge is 2.12. The van der Waals surface area contributed by atoms with Crippen LogP contribution < -0.4 is 4.74 Å². The third-order valence-electron chi connectivity index (χ3n) is 1.31. The van der Waals surface area contributed by atoms with Crippen LogP contribution in [0.15, 0.2) is 18.3 Å². The fourth-order valence-electron chi connectivity index (χ4n) is 0.865. The molecule has 0 saturated heterocycles. The molecule has 0 fully saturated rings. The molecule has 0 aliphatic carbocycles. The van der Waals surface area contributed by atoms with Crippen LogP contribution in [0, 0.1) is 0 Å². The first kappa shape index (κ1) is 8.18. The van der Waals surface area contributed by atoms with Gasteiger partial charge >= 0.3 is 0 Å². The molecule has 2 heteroatoms. The Labute approximate surface area is 67.8 Å². The van der Waals surface area contributed by atoms with Gasteiger partial charge in [0.05, 0.1) is 0 Å². The number of rotatable bonds is 1. The second kappa shape index (κ2) is 2.61. The number of aryl methyl sites for hydroxylation is 1. The molecule has 0 amide bonds. The first-order chi connectivity index (χ1) is 4.99. The summed E-state index contributed by atoms with van der Waals surface area (Å²) in [5.74, 6) is 0.914. The van der Waals surface area contributed by atoms with Crippen molar-refractivity contribution in [1.29, 1.82) is 0 Å². The number of aromatic nitrogens is 1. The molecule has 0 aliphatic heterocycles. The maximum absolute atomic E-state index is 5.64. The van der Waals surface area contributed by atoms with E-state index in [0.29, 0.717) is 0 Å². The van der Waals surface area contributed by atoms with Crippen molar-refractivity contribution in [2.24, 2.45) is 7.05 Å². The van der Waals surface area contributed by atoms with Crippen LogP contribution in [0.1, 0.15) is 20.8 Å². The van der Waals surface area contributed by atoms with Gasteiger partial charge in [0.15, 0.2) is 5.88 Å². The maximum Gasteiger partial charge on any atom is 0.193 e. The number of ether oxygens (including phenoxy) is 1. The summed E-state index contributed by atoms with van der Waals surface area (Å²) in [6, 6.07) is 3.94. The van der Waals surface area contributed by atoms with Crippen molar-refractivity contribution in [3.63, 3.8) is 0 Å². The average molecular weight is 153 g/mol. The van der Waals surface area contributed by atoms with Gasteiger partial charge in [0.25, 0.3) is 0 Å². The Balaban J connectivity index is 2.72. The number of hydrogen-bond acceptors (Lipinski definition) is 1. The van der Waals surface area contributed by atoms with Crippen molar-refractivity contribution >= 4 is 0 Å². The zero-order chi connectivity index (χ0) is 8.48. The van der Waals surface area contributed by atoms with Crippen LogP contribution in [-0.2, 0) is 7.05 Å². The van der Waals surface area contributed by atoms with Crippen LogP contribution in [-0.4, -0.2) is 10.2 Å². The van der Waals surface area contributed by atoms with Gasteiger partial charge < -0.3 is 9.30 Å². The SMILES string of the molecule is Cn1cccc1OC(C)(C)C. The zero-order valence-corrected chi connectivity index (χ0v) is 7.59. The summed E-state index contributed by atoms with van der Waals surface area (Å²) in [5, 5.41) is 0. The van der Waals surface area contributed by atoms with Gasteiger partial charge in [-0.15, -0.1) is 0 Å². The highest BCUT2D eigenvalue weighted by atomic mass is 16.5. The van der Waals surface area contributed by atoms with Crippen molar-refractivity contribution in [2.75, 3.05) is 0 Å². The molecule has 1 rings (SSSR count). The third kappa shape index (κ3) is 2.30. The fourth-order valence-corrected chi connectivity index (χ4v) is 0.865. The van der Waals surface area contributed by atoms with E-state index < -0.39 is 0 Å². The van der Waals surface area contributed by atoms with Crippen LogP contribution in [0.25, 0.3) is 0 Å². The summed E-state index contributed by atoms with van der Waals surface area (Å²) in [5.41, 5.74) is -0.105. The lowest BCUT2D eigenvalue weighted by molar-refractivity contribution is 0.119. The first-order valence-electron chi connectivity index (χ1n) is 3.79. The Kier molecular flexibility index (Phi) is 1.94. The van der Waals surface area contributed by atoms with Gasteiger partial charge in [-0.2, -0.15) is 0 Å². The van der Waals surface area contributed by atoms with E-state index in [-0.39, 0.29) is 5.60 Å². The van der Waals surface area contributed by atoms with Gasteiger partial charge in [0.2, 0.25) is 0 Å². The Hall–Kier alpha value is -0.920. The smallest absolute Gasteiger partial charge is 0.193 e. The monoisotopic (exact) mass is 153 g/mol. The van der Waals surface area contributed by atoms with Crippen LogP contribution in [0.2, 0.25) is 0 Å². The molecule has 0 N–H and O–H groups in total. The molecule has 0 saturated carbocycles. The van der Waals surface area contributed by atoms with Crippen molar-refractivity contribution in [1.82, 2.24) is 4.57 Å². The minimum absolute atomic E-state index is 0.105. The summed E-state index contributed by atoms with van der Waals surface area (Å²) >= 11 is 0. The van der Waals surface area contributed by atoms with Gasteiger partial charge in [-0.3, -0.25) is 0 Å². The molecule has 1 heterocycles. The van der Waals surface area contributed by atoms with Crippen LogP contribution in [0.5, 0.6) is 5.88 Å². The highest BCUT2D eigenvalue weighted by Crippen LogP contribution is 2.16. The molecule has 0 aliphatic rings. The van der Waals surface area contributed by atoms with E-state index >= 15 is 0 Å². The van der Waals surface area contributed by atoms with Crippen molar-refractivity contribution in [2.45, 2.75) is 26.4 Å². The average Bonchev–Trinajstić information content (AvgIpc) is 2.12. The van der Waals surface area contributed by atoms with Gasteiger partial charge in [0, 0.05) is 13.2 Å². The molecular weight excluding hydrogens is 138 g/mol. The Morgan fingerprint density at radius 1 is 1.36 bits per heavy atom. The second-order valence-electron chi connectivity index (χ2n) is 3.67. The number of hydrogen-bond donors (Lipinski definition) is 0. The molecule has 2 nitrogen and oxygen atoms in total. The molecule has 1 aromatic heterocycles. The topological polar surface area (TPSA) is 14.2 Å². The largest absolute Gasteiger partial charge is 0.473 e. The van der Waals surface area contributed by atoms with Gasteiger partial charge in [-0.05, 0) is 32.9 Å². The van der Waals surface area contributed by atoms with E-state index in [2.05, 4.69) is 0 Å². The predicted octanol–water partition coefficient (Wildman–Crippen LogP) is 2.20. The minimum atomic E-state index is -0.105. The van der Waals surface area contributed by atoms with E-state index in [0.717, 1.165) is 5.88 Å². The number of nitrogens with zero attached hydrogens (tertiary/aromatic N) is 1. The summed E-state index contributed by atoms with van der Waals surface area (Å²) < 4.78 is 7.60. The summed E-state index contributed by atoms with van der Waals surface area (Å²) in [7, 11) is 1.97. The summed E-state index contributed by atoms with van der Waals surface area (Å²) in [6.07, 6.45) is 1.97. The van der Waals surface area contributed by atoms with E-state index in [1.54, 1.807) is 0 Å². The zero-order valence-electron chi connectivity index (χ0n) is 7.59. The first-order valence-corrected chi connectivity index (χ1v) is 3.79. The fraction of sp³-hybridized carbons (Fsp3) is 0.556. The van der Waals surface area contributed by atoms with Crippen molar-refractivity contribution in [3.8, 4) is 5.88 Å². The standard InChI is InChI=1S/C9H15NO/c1-9(2,3)11-8-6-5-7-10(8)4/h5-7H,1-4H3. The third-order valence-corrected chi connectivity index (χ3v) is 1.31. The predicted molar refractivity (Wildman–Crippen MR) is 45.8 cm³/mol.